The Morgan fingerprint density at radius 1 is 1.00 bits per heavy atom. The highest BCUT2D eigenvalue weighted by Gasteiger charge is 2.18. The summed E-state index contributed by atoms with van der Waals surface area (Å²) in [4.78, 5) is 12.6. The molecule has 4 heteroatoms. The van der Waals surface area contributed by atoms with Gasteiger partial charge in [-0.05, 0) is 48.4 Å². The maximum absolute atomic E-state index is 12.6. The minimum atomic E-state index is -0.494. The molecule has 0 aromatic heterocycles. The highest BCUT2D eigenvalue weighted by Crippen LogP contribution is 2.26. The topological polar surface area (TPSA) is 47.6 Å². The molecule has 0 aliphatic carbocycles. The maximum atomic E-state index is 12.6. The Morgan fingerprint density at radius 2 is 1.75 bits per heavy atom. The van der Waals surface area contributed by atoms with Gasteiger partial charge in [0.15, 0.2) is 6.10 Å². The molecule has 0 unspecified atom stereocenters. The fraction of sp³-hybridized carbons (Fsp3) is 0.292. The Hall–Kier alpha value is -3.01. The number of carbonyl (C=O) groups excluding carboxylic acids is 1. The summed E-state index contributed by atoms with van der Waals surface area (Å²) in [5.41, 5.74) is 1.23. The van der Waals surface area contributed by atoms with E-state index < -0.39 is 6.10 Å². The van der Waals surface area contributed by atoms with Gasteiger partial charge < -0.3 is 14.8 Å². The van der Waals surface area contributed by atoms with E-state index in [2.05, 4.69) is 17.4 Å². The lowest BCUT2D eigenvalue weighted by molar-refractivity contribution is -0.128. The van der Waals surface area contributed by atoms with E-state index in [1.54, 1.807) is 7.11 Å². The minimum absolute atomic E-state index is 0.0647. The normalized spacial score (nSPS) is 11.8. The van der Waals surface area contributed by atoms with Crippen molar-refractivity contribution in [3.63, 3.8) is 0 Å². The summed E-state index contributed by atoms with van der Waals surface area (Å²) in [5, 5.41) is 5.14. The van der Waals surface area contributed by atoms with Crippen LogP contribution in [0, 0.1) is 0 Å². The molecule has 1 amide bonds. The second-order valence-electron chi connectivity index (χ2n) is 6.73. The molecular weight excluding hydrogens is 350 g/mol. The van der Waals surface area contributed by atoms with Crippen molar-refractivity contribution in [3.8, 4) is 11.5 Å². The van der Waals surface area contributed by atoms with Crippen molar-refractivity contribution in [1.82, 2.24) is 5.32 Å². The Labute approximate surface area is 166 Å². The molecule has 0 radical (unpaired) electrons. The first-order valence-electron chi connectivity index (χ1n) is 9.76. The SMILES string of the molecule is CC[C@H](Oc1cccc2ccccc12)C(=O)NCCCc1ccc(OC)cc1. The zero-order valence-corrected chi connectivity index (χ0v) is 16.5. The van der Waals surface area contributed by atoms with Gasteiger partial charge in [0.2, 0.25) is 0 Å². The number of hydrogen-bond donors (Lipinski definition) is 1. The van der Waals surface area contributed by atoms with Gasteiger partial charge in [-0.1, -0.05) is 55.5 Å². The molecule has 146 valence electrons. The molecular formula is C24H27NO3. The van der Waals surface area contributed by atoms with Crippen LogP contribution in [0.3, 0.4) is 0 Å². The summed E-state index contributed by atoms with van der Waals surface area (Å²) < 4.78 is 11.2. The predicted octanol–water partition coefficient (Wildman–Crippen LogP) is 4.75. The van der Waals surface area contributed by atoms with E-state index in [-0.39, 0.29) is 5.91 Å². The molecule has 3 aromatic carbocycles. The van der Waals surface area contributed by atoms with Crippen LogP contribution in [0.25, 0.3) is 10.8 Å². The Balaban J connectivity index is 1.51. The number of methoxy groups -OCH3 is 1. The van der Waals surface area contributed by atoms with Crippen molar-refractivity contribution in [2.24, 2.45) is 0 Å². The molecule has 0 heterocycles. The molecule has 0 spiro atoms. The summed E-state index contributed by atoms with van der Waals surface area (Å²) in [6.45, 7) is 2.59. The second kappa shape index (κ2) is 9.79. The first-order chi connectivity index (χ1) is 13.7. The molecule has 3 rings (SSSR count). The van der Waals surface area contributed by atoms with E-state index in [9.17, 15) is 4.79 Å². The average Bonchev–Trinajstić information content (AvgIpc) is 2.75. The fourth-order valence-corrected chi connectivity index (χ4v) is 3.18. The lowest BCUT2D eigenvalue weighted by Gasteiger charge is -2.18. The second-order valence-corrected chi connectivity index (χ2v) is 6.73. The Bertz CT molecular complexity index is 900. The van der Waals surface area contributed by atoms with Crippen molar-refractivity contribution in [1.29, 1.82) is 0 Å². The first kappa shape index (κ1) is 19.7. The van der Waals surface area contributed by atoms with E-state index in [1.165, 1.54) is 5.56 Å². The standard InChI is InChI=1S/C24H27NO3/c1-3-22(28-23-12-6-10-19-9-4-5-11-21(19)23)24(26)25-17-7-8-18-13-15-20(27-2)16-14-18/h4-6,9-16,22H,3,7-8,17H2,1-2H3,(H,25,26)/t22-/m0/s1. The molecule has 3 aromatic rings. The molecule has 0 aliphatic heterocycles. The molecule has 0 aliphatic rings. The molecule has 0 bridgehead atoms. The van der Waals surface area contributed by atoms with Gasteiger partial charge in [0, 0.05) is 11.9 Å². The summed E-state index contributed by atoms with van der Waals surface area (Å²) >= 11 is 0. The molecule has 0 fully saturated rings. The lowest BCUT2D eigenvalue weighted by atomic mass is 10.1. The smallest absolute Gasteiger partial charge is 0.261 e. The number of fused-ring (bicyclic) bond motifs is 1. The summed E-state index contributed by atoms with van der Waals surface area (Å²) in [7, 11) is 1.66. The Morgan fingerprint density at radius 3 is 2.50 bits per heavy atom. The third-order valence-electron chi connectivity index (χ3n) is 4.78. The van der Waals surface area contributed by atoms with Crippen molar-refractivity contribution in [2.45, 2.75) is 32.3 Å². The minimum Gasteiger partial charge on any atom is -0.497 e. The summed E-state index contributed by atoms with van der Waals surface area (Å²) in [6.07, 6.45) is 1.91. The zero-order valence-electron chi connectivity index (χ0n) is 16.5. The number of hydrogen-bond acceptors (Lipinski definition) is 3. The van der Waals surface area contributed by atoms with Gasteiger partial charge in [-0.15, -0.1) is 0 Å². The number of nitrogens with one attached hydrogen (secondary N) is 1. The van der Waals surface area contributed by atoms with Crippen LogP contribution in [0.1, 0.15) is 25.3 Å². The average molecular weight is 377 g/mol. The summed E-state index contributed by atoms with van der Waals surface area (Å²) in [5.74, 6) is 1.54. The van der Waals surface area contributed by atoms with E-state index in [4.69, 9.17) is 9.47 Å². The number of ether oxygens (including phenoxy) is 2. The van der Waals surface area contributed by atoms with Crippen LogP contribution in [-0.2, 0) is 11.2 Å². The third-order valence-corrected chi connectivity index (χ3v) is 4.78. The van der Waals surface area contributed by atoms with Gasteiger partial charge >= 0.3 is 0 Å². The van der Waals surface area contributed by atoms with E-state index in [0.717, 1.165) is 35.1 Å². The van der Waals surface area contributed by atoms with E-state index >= 15 is 0 Å². The quantitative estimate of drug-likeness (QED) is 0.547. The van der Waals surface area contributed by atoms with Crippen LogP contribution in [0.5, 0.6) is 11.5 Å². The van der Waals surface area contributed by atoms with Gasteiger partial charge in [0.05, 0.1) is 7.11 Å². The molecule has 0 saturated carbocycles. The monoisotopic (exact) mass is 377 g/mol. The van der Waals surface area contributed by atoms with Crippen LogP contribution in [0.2, 0.25) is 0 Å². The van der Waals surface area contributed by atoms with Crippen LogP contribution >= 0.6 is 0 Å². The van der Waals surface area contributed by atoms with Gasteiger partial charge in [-0.2, -0.15) is 0 Å². The highest BCUT2D eigenvalue weighted by atomic mass is 16.5. The molecule has 28 heavy (non-hydrogen) atoms. The first-order valence-corrected chi connectivity index (χ1v) is 9.76. The summed E-state index contributed by atoms with van der Waals surface area (Å²) in [6, 6.07) is 22.0. The molecule has 1 atom stereocenters. The number of benzene rings is 3. The molecule has 0 saturated heterocycles. The van der Waals surface area contributed by atoms with Gasteiger partial charge in [-0.25, -0.2) is 0 Å². The largest absolute Gasteiger partial charge is 0.497 e. The molecule has 4 nitrogen and oxygen atoms in total. The zero-order chi connectivity index (χ0) is 19.8. The van der Waals surface area contributed by atoms with Crippen LogP contribution in [0.15, 0.2) is 66.7 Å². The maximum Gasteiger partial charge on any atom is 0.261 e. The number of amides is 1. The van der Waals surface area contributed by atoms with E-state index in [1.807, 2.05) is 61.5 Å². The van der Waals surface area contributed by atoms with Crippen molar-refractivity contribution in [3.05, 3.63) is 72.3 Å². The van der Waals surface area contributed by atoms with Crippen molar-refractivity contribution >= 4 is 16.7 Å². The predicted molar refractivity (Wildman–Crippen MR) is 113 cm³/mol. The van der Waals surface area contributed by atoms with Crippen molar-refractivity contribution < 1.29 is 14.3 Å². The van der Waals surface area contributed by atoms with Crippen molar-refractivity contribution in [2.75, 3.05) is 13.7 Å². The fourth-order valence-electron chi connectivity index (χ4n) is 3.18. The van der Waals surface area contributed by atoms with Crippen LogP contribution in [0.4, 0.5) is 0 Å². The molecule has 1 N–H and O–H groups in total. The van der Waals surface area contributed by atoms with Gasteiger partial charge in [0.1, 0.15) is 11.5 Å². The highest BCUT2D eigenvalue weighted by molar-refractivity contribution is 5.89. The van der Waals surface area contributed by atoms with E-state index in [0.29, 0.717) is 13.0 Å². The number of aryl methyl sites for hydroxylation is 1. The van der Waals surface area contributed by atoms with Gasteiger partial charge in [-0.3, -0.25) is 4.79 Å². The van der Waals surface area contributed by atoms with Gasteiger partial charge in [0.25, 0.3) is 5.91 Å². The van der Waals surface area contributed by atoms with Crippen LogP contribution < -0.4 is 14.8 Å². The van der Waals surface area contributed by atoms with Crippen LogP contribution in [-0.4, -0.2) is 25.7 Å². The Kier molecular flexibility index (Phi) is 6.90. The third kappa shape index (κ3) is 5.03. The number of carbonyl (C=O) groups is 1. The number of rotatable bonds is 9. The lowest BCUT2D eigenvalue weighted by Crippen LogP contribution is -2.38.